The normalized spacial score (nSPS) is 11.6. The van der Waals surface area contributed by atoms with Gasteiger partial charge < -0.3 is 15.2 Å². The van der Waals surface area contributed by atoms with Gasteiger partial charge in [0.25, 0.3) is 5.91 Å². The summed E-state index contributed by atoms with van der Waals surface area (Å²) in [5.74, 6) is -0.863. The van der Waals surface area contributed by atoms with Crippen molar-refractivity contribution < 1.29 is 19.4 Å². The zero-order valence-corrected chi connectivity index (χ0v) is 19.5. The fraction of sp³-hybridized carbons (Fsp3) is 0.0345. The highest BCUT2D eigenvalue weighted by Crippen LogP contribution is 2.23. The molecule has 1 amide bonds. The number of pyridine rings is 1. The summed E-state index contributed by atoms with van der Waals surface area (Å²) in [7, 11) is 1.55. The monoisotopic (exact) mass is 477 g/mol. The van der Waals surface area contributed by atoms with Crippen LogP contribution >= 0.6 is 0 Å². The predicted molar refractivity (Wildman–Crippen MR) is 139 cm³/mol. The lowest BCUT2D eigenvalue weighted by atomic mass is 10.00. The Labute approximate surface area is 208 Å². The molecule has 0 aliphatic rings. The molecule has 178 valence electrons. The first-order valence-corrected chi connectivity index (χ1v) is 11.1. The second-order valence-electron chi connectivity index (χ2n) is 7.63. The van der Waals surface area contributed by atoms with Crippen molar-refractivity contribution in [1.29, 1.82) is 0 Å². The Bertz CT molecular complexity index is 1410. The lowest BCUT2D eigenvalue weighted by Gasteiger charge is -2.13. The highest BCUT2D eigenvalue weighted by molar-refractivity contribution is 6.20. The van der Waals surface area contributed by atoms with E-state index in [-0.39, 0.29) is 17.2 Å². The van der Waals surface area contributed by atoms with Crippen LogP contribution in [0.3, 0.4) is 0 Å². The quantitative estimate of drug-likeness (QED) is 0.265. The third kappa shape index (κ3) is 5.71. The maximum atomic E-state index is 12.8. The number of benzene rings is 3. The zero-order valence-electron chi connectivity index (χ0n) is 19.5. The first kappa shape index (κ1) is 24.1. The van der Waals surface area contributed by atoms with E-state index < -0.39 is 5.97 Å². The fourth-order valence-electron chi connectivity index (χ4n) is 3.53. The first-order chi connectivity index (χ1) is 17.6. The summed E-state index contributed by atoms with van der Waals surface area (Å²) in [5, 5.41) is 12.8. The third-order valence-corrected chi connectivity index (χ3v) is 5.33. The average molecular weight is 478 g/mol. The first-order valence-electron chi connectivity index (χ1n) is 11.1. The van der Waals surface area contributed by atoms with Crippen molar-refractivity contribution >= 4 is 28.8 Å². The van der Waals surface area contributed by atoms with Crippen molar-refractivity contribution in [2.45, 2.75) is 0 Å². The molecule has 0 saturated carbocycles. The number of ether oxygens (including phenoxy) is 1. The molecule has 7 nitrogen and oxygen atoms in total. The molecule has 4 rings (SSSR count). The molecule has 0 atom stereocenters. The van der Waals surface area contributed by atoms with Crippen molar-refractivity contribution in [1.82, 2.24) is 4.98 Å². The zero-order chi connectivity index (χ0) is 25.3. The van der Waals surface area contributed by atoms with Gasteiger partial charge in [0, 0.05) is 23.5 Å². The fourth-order valence-corrected chi connectivity index (χ4v) is 3.53. The number of carboxylic acids is 1. The SMILES string of the molecule is COc1ccc(/C(=C/N=C(c2ccccc2)c2ccccc2NC(=O)c2ccccn2)C(=O)O)cc1. The van der Waals surface area contributed by atoms with Gasteiger partial charge in [-0.3, -0.25) is 14.8 Å². The van der Waals surface area contributed by atoms with Gasteiger partial charge in [-0.15, -0.1) is 0 Å². The number of para-hydroxylation sites is 1. The molecule has 0 spiro atoms. The smallest absolute Gasteiger partial charge is 0.337 e. The van der Waals surface area contributed by atoms with Gasteiger partial charge in [0.1, 0.15) is 11.4 Å². The van der Waals surface area contributed by atoms with Gasteiger partial charge in [-0.1, -0.05) is 66.7 Å². The molecule has 4 aromatic rings. The van der Waals surface area contributed by atoms with Gasteiger partial charge in [-0.25, -0.2) is 4.79 Å². The molecule has 0 bridgehead atoms. The summed E-state index contributed by atoms with van der Waals surface area (Å²) in [6.45, 7) is 0. The Hall–Kier alpha value is -5.04. The number of nitrogens with zero attached hydrogens (tertiary/aromatic N) is 2. The molecule has 3 aromatic carbocycles. The van der Waals surface area contributed by atoms with Crippen molar-refractivity contribution in [3.63, 3.8) is 0 Å². The van der Waals surface area contributed by atoms with E-state index in [1.54, 1.807) is 67.9 Å². The van der Waals surface area contributed by atoms with Crippen LogP contribution in [0.4, 0.5) is 5.69 Å². The number of anilines is 1. The van der Waals surface area contributed by atoms with Crippen LogP contribution in [0.5, 0.6) is 5.75 Å². The van der Waals surface area contributed by atoms with Crippen molar-refractivity contribution in [3.05, 3.63) is 132 Å². The van der Waals surface area contributed by atoms with E-state index in [1.165, 1.54) is 6.20 Å². The number of carboxylic acid groups (broad SMARTS) is 1. The van der Waals surface area contributed by atoms with Crippen molar-refractivity contribution in [2.75, 3.05) is 12.4 Å². The summed E-state index contributed by atoms with van der Waals surface area (Å²) in [6, 6.07) is 28.4. The van der Waals surface area contributed by atoms with E-state index >= 15 is 0 Å². The maximum absolute atomic E-state index is 12.8. The molecule has 36 heavy (non-hydrogen) atoms. The Kier molecular flexibility index (Phi) is 7.63. The average Bonchev–Trinajstić information content (AvgIpc) is 2.92. The molecule has 0 fully saturated rings. The highest BCUT2D eigenvalue weighted by Gasteiger charge is 2.16. The van der Waals surface area contributed by atoms with E-state index in [1.807, 2.05) is 42.5 Å². The number of aliphatic imine (C=N–C) groups is 1. The second-order valence-corrected chi connectivity index (χ2v) is 7.63. The Balaban J connectivity index is 1.79. The number of methoxy groups -OCH3 is 1. The second kappa shape index (κ2) is 11.4. The van der Waals surface area contributed by atoms with Crippen LogP contribution in [0.25, 0.3) is 5.57 Å². The number of hydrogen-bond acceptors (Lipinski definition) is 5. The number of nitrogens with one attached hydrogen (secondary N) is 1. The van der Waals surface area contributed by atoms with E-state index in [9.17, 15) is 14.7 Å². The van der Waals surface area contributed by atoms with Crippen LogP contribution in [0, 0.1) is 0 Å². The number of carbonyl (C=O) groups excluding carboxylic acids is 1. The summed E-state index contributed by atoms with van der Waals surface area (Å²) in [5.41, 5.74) is 3.18. The van der Waals surface area contributed by atoms with Gasteiger partial charge in [0.15, 0.2) is 0 Å². The van der Waals surface area contributed by atoms with Gasteiger partial charge >= 0.3 is 5.97 Å². The highest BCUT2D eigenvalue weighted by atomic mass is 16.5. The molecule has 2 N–H and O–H groups in total. The number of hydrogen-bond donors (Lipinski definition) is 2. The number of carbonyl (C=O) groups is 2. The van der Waals surface area contributed by atoms with Crippen LogP contribution in [0.15, 0.2) is 114 Å². The lowest BCUT2D eigenvalue weighted by Crippen LogP contribution is -2.16. The molecule has 1 aromatic heterocycles. The van der Waals surface area contributed by atoms with Crippen molar-refractivity contribution in [3.8, 4) is 5.75 Å². The number of amides is 1. The predicted octanol–water partition coefficient (Wildman–Crippen LogP) is 5.31. The van der Waals surface area contributed by atoms with E-state index in [2.05, 4.69) is 15.3 Å². The Morgan fingerprint density at radius 1 is 0.861 bits per heavy atom. The number of rotatable bonds is 8. The Morgan fingerprint density at radius 3 is 2.22 bits per heavy atom. The molecule has 0 aliphatic carbocycles. The lowest BCUT2D eigenvalue weighted by molar-refractivity contribution is -0.130. The van der Waals surface area contributed by atoms with Crippen molar-refractivity contribution in [2.24, 2.45) is 4.99 Å². The van der Waals surface area contributed by atoms with Gasteiger partial charge in [-0.05, 0) is 35.9 Å². The van der Waals surface area contributed by atoms with E-state index in [0.717, 1.165) is 5.56 Å². The minimum absolute atomic E-state index is 0.0149. The molecule has 0 aliphatic heterocycles. The molecular formula is C29H23N3O4. The molecule has 0 unspecified atom stereocenters. The van der Waals surface area contributed by atoms with Crippen LogP contribution in [0.1, 0.15) is 27.2 Å². The standard InChI is InChI=1S/C29H23N3O4/c1-36-22-16-14-20(15-17-22)24(29(34)35)19-31-27(21-9-3-2-4-10-21)23-11-5-6-12-25(23)32-28(33)26-13-7-8-18-30-26/h2-19H,1H3,(H,32,33)(H,34,35)/b24-19-,31-27?. The molecule has 0 saturated heterocycles. The minimum atomic E-state index is -1.12. The van der Waals surface area contributed by atoms with Gasteiger partial charge in [-0.2, -0.15) is 0 Å². The molecular weight excluding hydrogens is 454 g/mol. The van der Waals surface area contributed by atoms with E-state index in [4.69, 9.17) is 4.74 Å². The van der Waals surface area contributed by atoms with Gasteiger partial charge in [0.05, 0.1) is 24.1 Å². The maximum Gasteiger partial charge on any atom is 0.337 e. The molecule has 1 heterocycles. The van der Waals surface area contributed by atoms with Crippen LogP contribution in [0.2, 0.25) is 0 Å². The summed E-state index contributed by atoms with van der Waals surface area (Å²) >= 11 is 0. The number of aromatic nitrogens is 1. The largest absolute Gasteiger partial charge is 0.497 e. The third-order valence-electron chi connectivity index (χ3n) is 5.33. The van der Waals surface area contributed by atoms with Gasteiger partial charge in [0.2, 0.25) is 0 Å². The van der Waals surface area contributed by atoms with E-state index in [0.29, 0.717) is 28.3 Å². The van der Waals surface area contributed by atoms with Crippen LogP contribution in [-0.2, 0) is 4.79 Å². The van der Waals surface area contributed by atoms with Crippen LogP contribution in [-0.4, -0.2) is 34.8 Å². The topological polar surface area (TPSA) is 101 Å². The number of aliphatic carboxylic acids is 1. The Morgan fingerprint density at radius 2 is 1.56 bits per heavy atom. The summed E-state index contributed by atoms with van der Waals surface area (Å²) in [6.07, 6.45) is 2.87. The molecule has 7 heteroatoms. The minimum Gasteiger partial charge on any atom is -0.497 e. The summed E-state index contributed by atoms with van der Waals surface area (Å²) < 4.78 is 5.17. The van der Waals surface area contributed by atoms with Crippen LogP contribution < -0.4 is 10.1 Å². The molecule has 0 radical (unpaired) electrons. The summed E-state index contributed by atoms with van der Waals surface area (Å²) in [4.78, 5) is 33.6.